The molecular weight excluding hydrogens is 397 g/mol. The fraction of sp³-hybridized carbons (Fsp3) is 0.417. The lowest BCUT2D eigenvalue weighted by Gasteiger charge is -2.37. The number of nitrogens with zero attached hydrogens (tertiary/aromatic N) is 2. The van der Waals surface area contributed by atoms with Gasteiger partial charge in [-0.05, 0) is 38.5 Å². The minimum absolute atomic E-state index is 0.164. The molecule has 0 aliphatic carbocycles. The Balaban J connectivity index is 1.67. The van der Waals surface area contributed by atoms with Gasteiger partial charge in [-0.3, -0.25) is 4.79 Å². The minimum atomic E-state index is -0.739. The smallest absolute Gasteiger partial charge is 0.408 e. The average molecular weight is 428 g/mol. The van der Waals surface area contributed by atoms with E-state index in [-0.39, 0.29) is 11.7 Å². The third kappa shape index (κ3) is 6.44. The number of para-hydroxylation sites is 1. The molecule has 0 bridgehead atoms. The number of piperazine rings is 1. The summed E-state index contributed by atoms with van der Waals surface area (Å²) in [6, 6.07) is 15.5. The summed E-state index contributed by atoms with van der Waals surface area (Å²) >= 11 is 0. The number of carbonyl (C=O) groups excluding carboxylic acids is 2. The van der Waals surface area contributed by atoms with E-state index in [9.17, 15) is 14.0 Å². The van der Waals surface area contributed by atoms with Crippen molar-refractivity contribution >= 4 is 17.7 Å². The Morgan fingerprint density at radius 1 is 1.00 bits per heavy atom. The van der Waals surface area contributed by atoms with Crippen LogP contribution in [0.3, 0.4) is 0 Å². The van der Waals surface area contributed by atoms with Crippen LogP contribution in [0, 0.1) is 5.82 Å². The van der Waals surface area contributed by atoms with E-state index in [2.05, 4.69) is 5.32 Å². The number of halogens is 1. The van der Waals surface area contributed by atoms with Crippen LogP contribution in [-0.4, -0.2) is 54.7 Å². The summed E-state index contributed by atoms with van der Waals surface area (Å²) in [6.45, 7) is 7.30. The van der Waals surface area contributed by atoms with Crippen molar-refractivity contribution in [2.75, 3.05) is 31.1 Å². The van der Waals surface area contributed by atoms with Crippen molar-refractivity contribution < 1.29 is 18.7 Å². The van der Waals surface area contributed by atoms with Gasteiger partial charge < -0.3 is 19.9 Å². The molecule has 3 rings (SSSR count). The highest BCUT2D eigenvalue weighted by molar-refractivity contribution is 5.86. The molecule has 31 heavy (non-hydrogen) atoms. The maximum absolute atomic E-state index is 14.1. The van der Waals surface area contributed by atoms with Crippen LogP contribution in [0.2, 0.25) is 0 Å². The molecule has 1 fully saturated rings. The summed E-state index contributed by atoms with van der Waals surface area (Å²) in [5.41, 5.74) is 0.833. The Morgan fingerprint density at radius 2 is 1.61 bits per heavy atom. The number of hydrogen-bond acceptors (Lipinski definition) is 4. The molecule has 0 spiro atoms. The molecule has 6 nitrogen and oxygen atoms in total. The standard InChI is InChI=1S/C24H30FN3O3/c1-24(2,3)31-23(30)26-20(17-18-9-5-4-6-10-18)22(29)28-15-13-27(14-16-28)21-12-8-7-11-19(21)25/h4-12,20H,13-17H2,1-3H3,(H,26,30)/t20-/m0/s1. The number of anilines is 1. The van der Waals surface area contributed by atoms with Gasteiger partial charge in [0.05, 0.1) is 5.69 Å². The molecule has 0 radical (unpaired) electrons. The molecule has 2 aromatic carbocycles. The van der Waals surface area contributed by atoms with Crippen molar-refractivity contribution in [1.82, 2.24) is 10.2 Å². The Bertz CT molecular complexity index is 890. The maximum Gasteiger partial charge on any atom is 0.408 e. The molecule has 1 N–H and O–H groups in total. The van der Waals surface area contributed by atoms with Crippen LogP contribution < -0.4 is 10.2 Å². The number of carbonyl (C=O) groups is 2. The largest absolute Gasteiger partial charge is 0.444 e. The second kappa shape index (κ2) is 9.81. The number of ether oxygens (including phenoxy) is 1. The van der Waals surface area contributed by atoms with E-state index in [0.717, 1.165) is 5.56 Å². The van der Waals surface area contributed by atoms with Gasteiger partial charge in [-0.25, -0.2) is 9.18 Å². The zero-order valence-corrected chi connectivity index (χ0v) is 18.3. The number of benzene rings is 2. The van der Waals surface area contributed by atoms with E-state index in [0.29, 0.717) is 38.3 Å². The predicted molar refractivity (Wildman–Crippen MR) is 118 cm³/mol. The van der Waals surface area contributed by atoms with E-state index >= 15 is 0 Å². The number of rotatable bonds is 5. The minimum Gasteiger partial charge on any atom is -0.444 e. The molecule has 1 aliphatic rings. The van der Waals surface area contributed by atoms with Gasteiger partial charge in [-0.2, -0.15) is 0 Å². The average Bonchev–Trinajstić information content (AvgIpc) is 2.73. The first kappa shape index (κ1) is 22.6. The fourth-order valence-electron chi connectivity index (χ4n) is 3.60. The number of amides is 2. The molecule has 0 unspecified atom stereocenters. The molecule has 1 atom stereocenters. The van der Waals surface area contributed by atoms with E-state index in [1.807, 2.05) is 35.2 Å². The molecular formula is C24H30FN3O3. The first-order chi connectivity index (χ1) is 14.7. The molecule has 7 heteroatoms. The van der Waals surface area contributed by atoms with Crippen molar-refractivity contribution in [2.45, 2.75) is 38.8 Å². The van der Waals surface area contributed by atoms with Gasteiger partial charge in [0.25, 0.3) is 0 Å². The lowest BCUT2D eigenvalue weighted by atomic mass is 10.0. The van der Waals surface area contributed by atoms with Crippen LogP contribution in [0.1, 0.15) is 26.3 Å². The second-order valence-electron chi connectivity index (χ2n) is 8.65. The van der Waals surface area contributed by atoms with Gasteiger partial charge in [-0.15, -0.1) is 0 Å². The lowest BCUT2D eigenvalue weighted by Crippen LogP contribution is -2.56. The van der Waals surface area contributed by atoms with Crippen LogP contribution in [-0.2, 0) is 16.0 Å². The van der Waals surface area contributed by atoms with Crippen LogP contribution in [0.4, 0.5) is 14.9 Å². The summed E-state index contributed by atoms with van der Waals surface area (Å²) in [6.07, 6.45) is -0.251. The first-order valence-electron chi connectivity index (χ1n) is 10.5. The van der Waals surface area contributed by atoms with Gasteiger partial charge in [0, 0.05) is 32.6 Å². The van der Waals surface area contributed by atoms with Crippen molar-refractivity contribution in [3.05, 3.63) is 66.0 Å². The first-order valence-corrected chi connectivity index (χ1v) is 10.5. The van der Waals surface area contributed by atoms with Crippen molar-refractivity contribution in [3.63, 3.8) is 0 Å². The third-order valence-corrected chi connectivity index (χ3v) is 5.06. The normalized spacial score (nSPS) is 15.4. The Kier molecular flexibility index (Phi) is 7.15. The molecule has 1 heterocycles. The zero-order chi connectivity index (χ0) is 22.4. The molecule has 0 aromatic heterocycles. The SMILES string of the molecule is CC(C)(C)OC(=O)N[C@@H](Cc1ccccc1)C(=O)N1CCN(c2ccccc2F)CC1. The maximum atomic E-state index is 14.1. The van der Waals surface area contributed by atoms with Gasteiger partial charge >= 0.3 is 6.09 Å². The Hall–Kier alpha value is -3.09. The summed E-state index contributed by atoms with van der Waals surface area (Å²) in [5, 5.41) is 2.75. The lowest BCUT2D eigenvalue weighted by molar-refractivity contribution is -0.133. The summed E-state index contributed by atoms with van der Waals surface area (Å²) < 4.78 is 19.5. The van der Waals surface area contributed by atoms with Gasteiger partial charge in [-0.1, -0.05) is 42.5 Å². The highest BCUT2D eigenvalue weighted by Gasteiger charge is 2.30. The van der Waals surface area contributed by atoms with Gasteiger partial charge in [0.1, 0.15) is 17.5 Å². The van der Waals surface area contributed by atoms with Crippen LogP contribution in [0.15, 0.2) is 54.6 Å². The molecule has 1 aliphatic heterocycles. The van der Waals surface area contributed by atoms with E-state index < -0.39 is 17.7 Å². The molecule has 1 saturated heterocycles. The number of hydrogen-bond donors (Lipinski definition) is 1. The topological polar surface area (TPSA) is 61.9 Å². The Morgan fingerprint density at radius 3 is 2.23 bits per heavy atom. The monoisotopic (exact) mass is 427 g/mol. The van der Waals surface area contributed by atoms with Gasteiger partial charge in [0.2, 0.25) is 5.91 Å². The van der Waals surface area contributed by atoms with E-state index in [4.69, 9.17) is 4.74 Å². The van der Waals surface area contributed by atoms with Crippen molar-refractivity contribution in [2.24, 2.45) is 0 Å². The predicted octanol–water partition coefficient (Wildman–Crippen LogP) is 3.61. The summed E-state index contributed by atoms with van der Waals surface area (Å²) in [4.78, 5) is 29.3. The van der Waals surface area contributed by atoms with Crippen LogP contribution in [0.25, 0.3) is 0 Å². The molecule has 166 valence electrons. The number of nitrogens with one attached hydrogen (secondary N) is 1. The summed E-state index contributed by atoms with van der Waals surface area (Å²) in [7, 11) is 0. The number of alkyl carbamates (subject to hydrolysis) is 1. The molecule has 2 amide bonds. The summed E-state index contributed by atoms with van der Waals surface area (Å²) in [5.74, 6) is -0.432. The highest BCUT2D eigenvalue weighted by atomic mass is 19.1. The molecule has 2 aromatic rings. The van der Waals surface area contributed by atoms with E-state index in [1.54, 1.807) is 43.9 Å². The van der Waals surface area contributed by atoms with Gasteiger partial charge in [0.15, 0.2) is 0 Å². The van der Waals surface area contributed by atoms with Crippen molar-refractivity contribution in [3.8, 4) is 0 Å². The second-order valence-corrected chi connectivity index (χ2v) is 8.65. The third-order valence-electron chi connectivity index (χ3n) is 5.06. The highest BCUT2D eigenvalue weighted by Crippen LogP contribution is 2.20. The Labute approximate surface area is 183 Å². The van der Waals surface area contributed by atoms with Crippen LogP contribution >= 0.6 is 0 Å². The fourth-order valence-corrected chi connectivity index (χ4v) is 3.60. The molecule has 0 saturated carbocycles. The quantitative estimate of drug-likeness (QED) is 0.792. The van der Waals surface area contributed by atoms with Crippen molar-refractivity contribution in [1.29, 1.82) is 0 Å². The van der Waals surface area contributed by atoms with E-state index in [1.165, 1.54) is 6.07 Å². The zero-order valence-electron chi connectivity index (χ0n) is 18.3. The van der Waals surface area contributed by atoms with Crippen LogP contribution in [0.5, 0.6) is 0 Å².